The van der Waals surface area contributed by atoms with Crippen molar-refractivity contribution in [2.75, 3.05) is 25.1 Å². The van der Waals surface area contributed by atoms with Gasteiger partial charge in [-0.15, -0.1) is 0 Å². The van der Waals surface area contributed by atoms with Gasteiger partial charge in [0.05, 0.1) is 35.1 Å². The first-order chi connectivity index (χ1) is 14.7. The summed E-state index contributed by atoms with van der Waals surface area (Å²) in [5.74, 6) is 2.39. The van der Waals surface area contributed by atoms with E-state index in [1.165, 1.54) is 0 Å². The molecule has 0 saturated carbocycles. The van der Waals surface area contributed by atoms with E-state index in [0.29, 0.717) is 20.8 Å². The number of halogens is 2. The number of aryl methyl sites for hydroxylation is 1. The quantitative estimate of drug-likeness (QED) is 0.325. The molecule has 162 valence electrons. The highest BCUT2D eigenvalue weighted by Gasteiger charge is 2.35. The molecule has 0 saturated heterocycles. The van der Waals surface area contributed by atoms with Crippen LogP contribution in [0.4, 0.5) is 17.6 Å². The van der Waals surface area contributed by atoms with E-state index in [4.69, 9.17) is 10.7 Å². The maximum absolute atomic E-state index is 13.6. The van der Waals surface area contributed by atoms with E-state index in [1.54, 1.807) is 4.57 Å². The Bertz CT molecular complexity index is 1240. The molecule has 31 heavy (non-hydrogen) atoms. The second kappa shape index (κ2) is 8.54. The summed E-state index contributed by atoms with van der Waals surface area (Å²) in [6.45, 7) is 3.97. The number of nitrogen functional groups attached to an aromatic ring is 1. The normalized spacial score (nSPS) is 15.3. The van der Waals surface area contributed by atoms with E-state index in [1.807, 2.05) is 37.3 Å². The maximum Gasteiger partial charge on any atom is 0.272 e. The minimum absolute atomic E-state index is 0.0251. The zero-order chi connectivity index (χ0) is 22.3. The van der Waals surface area contributed by atoms with Crippen molar-refractivity contribution in [2.24, 2.45) is 0 Å². The lowest BCUT2D eigenvalue weighted by molar-refractivity contribution is 0.620. The van der Waals surface area contributed by atoms with Gasteiger partial charge in [0.1, 0.15) is 17.2 Å². The van der Waals surface area contributed by atoms with Crippen molar-refractivity contribution < 1.29 is 0 Å². The Balaban J connectivity index is 1.93. The number of aromatic nitrogens is 4. The van der Waals surface area contributed by atoms with Crippen LogP contribution in [0.2, 0.25) is 0 Å². The van der Waals surface area contributed by atoms with Gasteiger partial charge in [-0.2, -0.15) is 9.97 Å². The van der Waals surface area contributed by atoms with Crippen molar-refractivity contribution in [3.8, 4) is 5.69 Å². The lowest BCUT2D eigenvalue weighted by atomic mass is 10.1. The predicted molar refractivity (Wildman–Crippen MR) is 143 cm³/mol. The summed E-state index contributed by atoms with van der Waals surface area (Å²) in [6, 6.07) is 9.44. The van der Waals surface area contributed by atoms with Crippen LogP contribution in [0.3, 0.4) is 0 Å². The Morgan fingerprint density at radius 2 is 1.94 bits per heavy atom. The van der Waals surface area contributed by atoms with E-state index in [9.17, 15) is 4.79 Å². The molecular weight excluding hydrogens is 620 g/mol. The summed E-state index contributed by atoms with van der Waals surface area (Å²) in [4.78, 5) is 27.4. The second-order valence-corrected chi connectivity index (χ2v) is 12.3. The van der Waals surface area contributed by atoms with Crippen LogP contribution < -0.4 is 19.3 Å². The van der Waals surface area contributed by atoms with Gasteiger partial charge in [0, 0.05) is 4.01 Å². The third kappa shape index (κ3) is 4.12. The first-order valence-electron chi connectivity index (χ1n) is 9.84. The number of fused-ring (bicyclic) bond motifs is 1. The number of nitrogens with zero attached hydrogens (tertiary/aromatic N) is 5. The molecule has 3 aromatic rings. The molecule has 0 amide bonds. The van der Waals surface area contributed by atoms with Gasteiger partial charge in [-0.25, -0.2) is 7.68 Å². The van der Waals surface area contributed by atoms with Crippen LogP contribution in [-0.2, 0) is 0 Å². The van der Waals surface area contributed by atoms with E-state index in [0.717, 1.165) is 26.3 Å². The molecule has 1 aliphatic heterocycles. The van der Waals surface area contributed by atoms with E-state index in [-0.39, 0.29) is 38.6 Å². The summed E-state index contributed by atoms with van der Waals surface area (Å²) >= 11 is 1.86. The average molecular weight is 644 g/mol. The molecular formula is C21H24I2N7O+. The Labute approximate surface area is 204 Å². The molecule has 0 fully saturated rings. The van der Waals surface area contributed by atoms with Crippen LogP contribution in [0, 0.1) is 10.5 Å². The van der Waals surface area contributed by atoms with Gasteiger partial charge in [0.25, 0.3) is 5.56 Å². The molecule has 4 rings (SSSR count). The molecule has 0 radical (unpaired) electrons. The molecule has 10 heteroatoms. The number of hydrogen-bond acceptors (Lipinski definition) is 6. The van der Waals surface area contributed by atoms with Crippen LogP contribution in [0.15, 0.2) is 35.1 Å². The van der Waals surface area contributed by atoms with E-state index in [2.05, 4.69) is 62.9 Å². The molecule has 1 atom stereocenters. The zero-order valence-corrected chi connectivity index (χ0v) is 22.0. The average Bonchev–Trinajstić information content (AvgIpc) is 3.05. The number of anilines is 2. The first-order valence-corrected chi connectivity index (χ1v) is 13.1. The van der Waals surface area contributed by atoms with Crippen molar-refractivity contribution in [3.63, 3.8) is 0 Å². The molecule has 2 aromatic heterocycles. The summed E-state index contributed by atoms with van der Waals surface area (Å²) < 4.78 is 5.38. The third-order valence-electron chi connectivity index (χ3n) is 5.11. The van der Waals surface area contributed by atoms with Gasteiger partial charge in [0.15, 0.2) is 21.0 Å². The molecule has 0 bridgehead atoms. The molecule has 3 heterocycles. The summed E-state index contributed by atoms with van der Waals surface area (Å²) in [6.07, 6.45) is 0.712. The van der Waals surface area contributed by atoms with Crippen LogP contribution in [0.5, 0.6) is 0 Å². The Morgan fingerprint density at radius 1 is 1.23 bits per heavy atom. The molecule has 0 spiro atoms. The number of benzene rings is 1. The number of nitrogens with one attached hydrogen (secondary N) is 1. The number of hydrogen-bond donors (Lipinski definition) is 2. The fourth-order valence-corrected chi connectivity index (χ4v) is 6.06. The van der Waals surface area contributed by atoms with Gasteiger partial charge >= 0.3 is 0 Å². The highest BCUT2D eigenvalue weighted by molar-refractivity contribution is 14.2. The molecule has 1 aliphatic rings. The minimum atomic E-state index is -0.356. The molecule has 1 aromatic carbocycles. The van der Waals surface area contributed by atoms with Crippen LogP contribution in [0.1, 0.15) is 36.5 Å². The van der Waals surface area contributed by atoms with Crippen molar-refractivity contribution in [1.82, 2.24) is 22.2 Å². The fraction of sp³-hybridized carbons (Fsp3) is 0.286. The second-order valence-electron chi connectivity index (χ2n) is 7.64. The number of nitrogens with two attached hydrogens (primary N) is 1. The van der Waals surface area contributed by atoms with Crippen molar-refractivity contribution in [3.05, 3.63) is 61.3 Å². The standard InChI is InChI=1S/C21H24I2N7O/c1-5-15(26-17-16(22)12(2)25-21(24)27-17)18-28-19-14(11-23-30(19,3)4)20(31)29(18)13-9-7-6-8-10-13/h6-11,15H,5H2,1-4H3,(H3,24,25,26,27)/q+1. The lowest BCUT2D eigenvalue weighted by Crippen LogP contribution is -2.35. The van der Waals surface area contributed by atoms with Crippen molar-refractivity contribution >= 4 is 65.2 Å². The maximum atomic E-state index is 13.6. The Morgan fingerprint density at radius 3 is 2.61 bits per heavy atom. The smallest absolute Gasteiger partial charge is 0.272 e. The van der Waals surface area contributed by atoms with E-state index < -0.39 is 0 Å². The minimum Gasteiger partial charge on any atom is -0.368 e. The van der Waals surface area contributed by atoms with Crippen molar-refractivity contribution in [2.45, 2.75) is 26.3 Å². The third-order valence-corrected chi connectivity index (χ3v) is 9.15. The lowest BCUT2D eigenvalue weighted by Gasteiger charge is -2.25. The largest absolute Gasteiger partial charge is 0.368 e. The predicted octanol–water partition coefficient (Wildman–Crippen LogP) is 3.70. The van der Waals surface area contributed by atoms with Gasteiger partial charge in [0.2, 0.25) is 11.8 Å². The summed E-state index contributed by atoms with van der Waals surface area (Å²) in [5.41, 5.74) is 8.20. The zero-order valence-electron chi connectivity index (χ0n) is 17.7. The van der Waals surface area contributed by atoms with Gasteiger partial charge in [-0.05, 0) is 48.1 Å². The van der Waals surface area contributed by atoms with Crippen molar-refractivity contribution in [1.29, 1.82) is 0 Å². The highest BCUT2D eigenvalue weighted by Crippen LogP contribution is 2.36. The highest BCUT2D eigenvalue weighted by atomic mass is 127. The summed E-state index contributed by atoms with van der Waals surface area (Å²) in [7, 11) is 4.23. The van der Waals surface area contributed by atoms with Gasteiger partial charge in [-0.3, -0.25) is 9.36 Å². The molecule has 8 nitrogen and oxygen atoms in total. The Kier molecular flexibility index (Phi) is 6.14. The van der Waals surface area contributed by atoms with Gasteiger partial charge < -0.3 is 11.1 Å². The first kappa shape index (κ1) is 22.3. The molecule has 3 N–H and O–H groups in total. The van der Waals surface area contributed by atoms with Crippen LogP contribution in [0.25, 0.3) is 5.69 Å². The summed E-state index contributed by atoms with van der Waals surface area (Å²) in [5, 5.41) is 3.48. The van der Waals surface area contributed by atoms with Gasteiger partial charge in [-0.1, -0.05) is 25.1 Å². The van der Waals surface area contributed by atoms with Crippen LogP contribution >= 0.6 is 43.6 Å². The van der Waals surface area contributed by atoms with Crippen LogP contribution in [-0.4, -0.2) is 37.6 Å². The topological polar surface area (TPSA) is 98.7 Å². The van der Waals surface area contributed by atoms with E-state index >= 15 is 0 Å². The fourth-order valence-electron chi connectivity index (χ4n) is 3.51. The SMILES string of the molecule is CCC(Nc1nc(N)nc(C)c1I)c1nc2c(c(=O)n1-c1ccccc1)C=I[N+]2(C)C. The monoisotopic (exact) mass is 644 g/mol. The molecule has 0 aliphatic carbocycles. The number of quaternary nitrogens is 1. The Hall–Kier alpha value is -1.93. The molecule has 1 unspecified atom stereocenters. The number of para-hydroxylation sites is 1. The number of rotatable bonds is 5.